The number of fused-ring (bicyclic) bond motifs is 1. The highest BCUT2D eigenvalue weighted by Crippen LogP contribution is 2.24. The quantitative estimate of drug-likeness (QED) is 0.230. The topological polar surface area (TPSA) is 110 Å². The fraction of sp³-hybridized carbons (Fsp3) is 0.444. The number of alkyl halides is 3. The zero-order valence-electron chi connectivity index (χ0n) is 22.1. The number of nitrogens with zero attached hydrogens (tertiary/aromatic N) is 5. The van der Waals surface area contributed by atoms with Gasteiger partial charge in [0.2, 0.25) is 0 Å². The summed E-state index contributed by atoms with van der Waals surface area (Å²) in [6.45, 7) is 5.58. The molecule has 0 unspecified atom stereocenters. The van der Waals surface area contributed by atoms with Gasteiger partial charge in [0.05, 0.1) is 24.6 Å². The van der Waals surface area contributed by atoms with Gasteiger partial charge >= 0.3 is 12.2 Å². The zero-order valence-corrected chi connectivity index (χ0v) is 22.1. The molecule has 2 aromatic heterocycles. The number of carbonyl (C=O) groups is 1. The molecule has 0 spiro atoms. The standard InChI is InChI=1S/C27H33F3N8O2/c28-27(29,30)20-33-26(39)35-23-5-1-4-22(17-23)24-19-32-25-16-21(6-10-38(24)25)18-34-40-15-3-9-37-13-11-36(12-14-37)8-2-7-31/h1,4-6,10,16-17,19,34H,2-3,8-9,11-15,18,20H2,(H2,33,35,39). The minimum absolute atomic E-state index is 0.364. The number of nitrogens with one attached hydrogen (secondary N) is 3. The van der Waals surface area contributed by atoms with Gasteiger partial charge in [0.1, 0.15) is 12.2 Å². The monoisotopic (exact) mass is 558 g/mol. The molecule has 0 aliphatic carbocycles. The molecule has 13 heteroatoms. The van der Waals surface area contributed by atoms with Crippen molar-refractivity contribution >= 4 is 17.4 Å². The highest BCUT2D eigenvalue weighted by atomic mass is 19.4. The first-order valence-corrected chi connectivity index (χ1v) is 13.1. The number of hydrogen-bond donors (Lipinski definition) is 3. The molecule has 1 aliphatic rings. The van der Waals surface area contributed by atoms with Crippen LogP contribution in [0.1, 0.15) is 18.4 Å². The fourth-order valence-corrected chi connectivity index (χ4v) is 4.47. The molecular weight excluding hydrogens is 525 g/mol. The first-order valence-electron chi connectivity index (χ1n) is 13.1. The second-order valence-corrected chi connectivity index (χ2v) is 9.52. The smallest absolute Gasteiger partial charge is 0.329 e. The lowest BCUT2D eigenvalue weighted by Crippen LogP contribution is -2.46. The number of anilines is 1. The average molecular weight is 559 g/mol. The van der Waals surface area contributed by atoms with Gasteiger partial charge in [-0.15, -0.1) is 0 Å². The second-order valence-electron chi connectivity index (χ2n) is 9.52. The van der Waals surface area contributed by atoms with Crippen molar-refractivity contribution in [2.75, 3.05) is 57.7 Å². The summed E-state index contributed by atoms with van der Waals surface area (Å²) in [5, 5.41) is 12.9. The van der Waals surface area contributed by atoms with Crippen LogP contribution in [0.3, 0.4) is 0 Å². The van der Waals surface area contributed by atoms with Crippen molar-refractivity contribution in [3.63, 3.8) is 0 Å². The molecule has 40 heavy (non-hydrogen) atoms. The maximum Gasteiger partial charge on any atom is 0.405 e. The number of nitriles is 1. The van der Waals surface area contributed by atoms with Crippen molar-refractivity contribution in [1.29, 1.82) is 5.26 Å². The van der Waals surface area contributed by atoms with Crippen molar-refractivity contribution in [2.24, 2.45) is 0 Å². The number of urea groups is 1. The van der Waals surface area contributed by atoms with Gasteiger partial charge in [-0.1, -0.05) is 12.1 Å². The van der Waals surface area contributed by atoms with Crippen LogP contribution in [0.25, 0.3) is 16.9 Å². The number of pyridine rings is 1. The first-order chi connectivity index (χ1) is 19.3. The lowest BCUT2D eigenvalue weighted by molar-refractivity contribution is -0.122. The summed E-state index contributed by atoms with van der Waals surface area (Å²) in [5.74, 6) is 0. The number of imidazole rings is 1. The van der Waals surface area contributed by atoms with E-state index in [9.17, 15) is 18.0 Å². The van der Waals surface area contributed by atoms with Crippen molar-refractivity contribution in [3.8, 4) is 17.3 Å². The third-order valence-electron chi connectivity index (χ3n) is 6.55. The summed E-state index contributed by atoms with van der Waals surface area (Å²) < 4.78 is 38.9. The maximum atomic E-state index is 12.3. The Kier molecular flexibility index (Phi) is 10.3. The predicted molar refractivity (Wildman–Crippen MR) is 144 cm³/mol. The van der Waals surface area contributed by atoms with E-state index in [4.69, 9.17) is 10.1 Å². The third-order valence-corrected chi connectivity index (χ3v) is 6.55. The van der Waals surface area contributed by atoms with E-state index in [1.165, 1.54) is 0 Å². The summed E-state index contributed by atoms with van der Waals surface area (Å²) in [4.78, 5) is 26.6. The minimum Gasteiger partial charge on any atom is -0.329 e. The Hall–Kier alpha value is -3.70. The zero-order chi connectivity index (χ0) is 28.4. The van der Waals surface area contributed by atoms with Crippen LogP contribution in [-0.2, 0) is 11.4 Å². The summed E-state index contributed by atoms with van der Waals surface area (Å²) in [5.41, 5.74) is 6.62. The lowest BCUT2D eigenvalue weighted by Gasteiger charge is -2.34. The Labute approximate surface area is 230 Å². The maximum absolute atomic E-state index is 12.3. The molecule has 3 heterocycles. The van der Waals surface area contributed by atoms with Crippen LogP contribution in [0.2, 0.25) is 0 Å². The van der Waals surface area contributed by atoms with Crippen molar-refractivity contribution in [2.45, 2.75) is 25.6 Å². The Balaban J connectivity index is 1.21. The Morgan fingerprint density at radius 2 is 1.88 bits per heavy atom. The molecule has 0 atom stereocenters. The fourth-order valence-electron chi connectivity index (χ4n) is 4.47. The molecule has 0 saturated carbocycles. The van der Waals surface area contributed by atoms with Crippen molar-refractivity contribution in [1.82, 2.24) is 30.0 Å². The van der Waals surface area contributed by atoms with E-state index in [-0.39, 0.29) is 0 Å². The number of halogens is 3. The SMILES string of the molecule is N#CCCN1CCN(CCCONCc2ccn3c(-c4cccc(NC(=O)NCC(F)(F)F)c4)cnc3c2)CC1. The van der Waals surface area contributed by atoms with Gasteiger partial charge in [-0.3, -0.25) is 9.30 Å². The van der Waals surface area contributed by atoms with Crippen LogP contribution in [-0.4, -0.2) is 83.8 Å². The van der Waals surface area contributed by atoms with Crippen LogP contribution in [0.15, 0.2) is 48.8 Å². The van der Waals surface area contributed by atoms with E-state index < -0.39 is 18.8 Å². The van der Waals surface area contributed by atoms with Gasteiger partial charge in [0, 0.05) is 69.7 Å². The number of piperazine rings is 1. The largest absolute Gasteiger partial charge is 0.405 e. The summed E-state index contributed by atoms with van der Waals surface area (Å²) in [6, 6.07) is 12.0. The summed E-state index contributed by atoms with van der Waals surface area (Å²) >= 11 is 0. The number of carbonyl (C=O) groups excluding carboxylic acids is 1. The number of aromatic nitrogens is 2. The molecule has 0 radical (unpaired) electrons. The number of rotatable bonds is 12. The van der Waals surface area contributed by atoms with Crippen molar-refractivity contribution in [3.05, 3.63) is 54.4 Å². The molecule has 4 rings (SSSR count). The van der Waals surface area contributed by atoms with Gasteiger partial charge in [0.25, 0.3) is 0 Å². The molecule has 2 amide bonds. The van der Waals surface area contributed by atoms with E-state index in [1.54, 1.807) is 29.7 Å². The molecule has 10 nitrogen and oxygen atoms in total. The van der Waals surface area contributed by atoms with Gasteiger partial charge in [-0.2, -0.15) is 23.9 Å². The van der Waals surface area contributed by atoms with Crippen molar-refractivity contribution < 1.29 is 22.8 Å². The van der Waals surface area contributed by atoms with Gasteiger partial charge < -0.3 is 20.4 Å². The van der Waals surface area contributed by atoms with Gasteiger partial charge in [-0.25, -0.2) is 9.78 Å². The molecule has 3 aromatic rings. The Morgan fingerprint density at radius 1 is 1.10 bits per heavy atom. The molecule has 1 aliphatic heterocycles. The molecule has 1 saturated heterocycles. The first kappa shape index (κ1) is 29.3. The van der Waals surface area contributed by atoms with E-state index in [2.05, 4.69) is 31.6 Å². The highest BCUT2D eigenvalue weighted by molar-refractivity contribution is 5.90. The lowest BCUT2D eigenvalue weighted by atomic mass is 10.1. The molecule has 214 valence electrons. The van der Waals surface area contributed by atoms with E-state index in [1.807, 2.05) is 28.8 Å². The normalized spacial score (nSPS) is 14.8. The number of hydroxylamine groups is 1. The van der Waals surface area contributed by atoms with Gasteiger partial charge in [-0.05, 0) is 36.2 Å². The number of benzene rings is 1. The van der Waals surface area contributed by atoms with Crippen LogP contribution in [0.4, 0.5) is 23.7 Å². The van der Waals surface area contributed by atoms with E-state index >= 15 is 0 Å². The summed E-state index contributed by atoms with van der Waals surface area (Å²) in [7, 11) is 0. The average Bonchev–Trinajstić information content (AvgIpc) is 3.36. The van der Waals surface area contributed by atoms with Crippen LogP contribution in [0.5, 0.6) is 0 Å². The Bertz CT molecular complexity index is 1300. The second kappa shape index (κ2) is 14.1. The molecule has 0 bridgehead atoms. The molecule has 1 fully saturated rings. The molecule has 1 aromatic carbocycles. The van der Waals surface area contributed by atoms with Crippen LogP contribution >= 0.6 is 0 Å². The van der Waals surface area contributed by atoms with Crippen LogP contribution in [0, 0.1) is 11.3 Å². The molecule has 3 N–H and O–H groups in total. The summed E-state index contributed by atoms with van der Waals surface area (Å²) in [6.07, 6.45) is 0.620. The number of amides is 2. The highest BCUT2D eigenvalue weighted by Gasteiger charge is 2.27. The number of hydrogen-bond acceptors (Lipinski definition) is 7. The van der Waals surface area contributed by atoms with E-state index in [0.29, 0.717) is 25.3 Å². The minimum atomic E-state index is -4.48. The Morgan fingerprint density at radius 3 is 2.62 bits per heavy atom. The third kappa shape index (κ3) is 8.92. The van der Waals surface area contributed by atoms with E-state index in [0.717, 1.165) is 68.2 Å². The predicted octanol–water partition coefficient (Wildman–Crippen LogP) is 3.63. The van der Waals surface area contributed by atoms with Gasteiger partial charge in [0.15, 0.2) is 0 Å². The molecular formula is C27H33F3N8O2. The van der Waals surface area contributed by atoms with Crippen LogP contribution < -0.4 is 16.1 Å².